The fraction of sp³-hybridized carbons (Fsp3) is 0.348. The fourth-order valence-electron chi connectivity index (χ4n) is 3.47. The minimum atomic E-state index is 0.0543. The molecule has 0 unspecified atom stereocenters. The molecule has 1 amide bonds. The van der Waals surface area contributed by atoms with Gasteiger partial charge in [-0.05, 0) is 31.0 Å². The van der Waals surface area contributed by atoms with Crippen LogP contribution in [0, 0.1) is 0 Å². The predicted molar refractivity (Wildman–Crippen MR) is 112 cm³/mol. The molecule has 0 saturated heterocycles. The number of amides is 1. The smallest absolute Gasteiger partial charge is 0.242 e. The largest absolute Gasteiger partial charge is 0.490 e. The van der Waals surface area contributed by atoms with Crippen molar-refractivity contribution in [3.63, 3.8) is 0 Å². The Labute approximate surface area is 176 Å². The summed E-state index contributed by atoms with van der Waals surface area (Å²) in [7, 11) is 0. The van der Waals surface area contributed by atoms with Gasteiger partial charge in [-0.25, -0.2) is 9.97 Å². The summed E-state index contributed by atoms with van der Waals surface area (Å²) in [5.74, 6) is 1.88. The van der Waals surface area contributed by atoms with Crippen molar-refractivity contribution in [2.45, 2.75) is 38.8 Å². The lowest BCUT2D eigenvalue weighted by atomic mass is 10.1. The molecule has 0 spiro atoms. The number of hydrogen-bond donors (Lipinski definition) is 0. The molecule has 0 atom stereocenters. The molecule has 0 fully saturated rings. The number of hydrogen-bond acceptors (Lipinski definition) is 5. The van der Waals surface area contributed by atoms with Crippen LogP contribution in [0.4, 0.5) is 0 Å². The average molecular weight is 406 g/mol. The number of benzene rings is 1. The van der Waals surface area contributed by atoms with Crippen molar-refractivity contribution < 1.29 is 14.3 Å². The molecular formula is C23H26N4O3. The van der Waals surface area contributed by atoms with Crippen LogP contribution in [0.1, 0.15) is 31.2 Å². The van der Waals surface area contributed by atoms with E-state index >= 15 is 0 Å². The highest BCUT2D eigenvalue weighted by molar-refractivity contribution is 5.76. The molecule has 0 saturated carbocycles. The number of nitrogens with zero attached hydrogens (tertiary/aromatic N) is 4. The first kappa shape index (κ1) is 19.9. The summed E-state index contributed by atoms with van der Waals surface area (Å²) in [6.07, 6.45) is 10.9. The molecule has 0 radical (unpaired) electrons. The molecule has 1 aliphatic heterocycles. The Morgan fingerprint density at radius 1 is 1.00 bits per heavy atom. The van der Waals surface area contributed by atoms with E-state index in [0.29, 0.717) is 37.1 Å². The normalized spacial score (nSPS) is 15.1. The van der Waals surface area contributed by atoms with Crippen molar-refractivity contribution in [1.82, 2.24) is 19.4 Å². The van der Waals surface area contributed by atoms with Gasteiger partial charge in [0.25, 0.3) is 0 Å². The number of ether oxygens (including phenoxy) is 2. The second-order valence-corrected chi connectivity index (χ2v) is 7.33. The summed E-state index contributed by atoms with van der Waals surface area (Å²) in [6, 6.07) is 11.4. The van der Waals surface area contributed by atoms with E-state index in [1.54, 1.807) is 29.5 Å². The first-order valence-electron chi connectivity index (χ1n) is 10.4. The zero-order chi connectivity index (χ0) is 20.6. The van der Waals surface area contributed by atoms with E-state index < -0.39 is 0 Å². The second kappa shape index (κ2) is 9.91. The Morgan fingerprint density at radius 3 is 2.73 bits per heavy atom. The molecule has 0 N–H and O–H groups in total. The maximum absolute atomic E-state index is 13.0. The number of carbonyl (C=O) groups excluding carboxylic acids is 1. The molecule has 0 bridgehead atoms. The fourth-order valence-corrected chi connectivity index (χ4v) is 3.47. The maximum Gasteiger partial charge on any atom is 0.242 e. The first-order valence-corrected chi connectivity index (χ1v) is 10.4. The Bertz CT molecular complexity index is 959. The van der Waals surface area contributed by atoms with Crippen molar-refractivity contribution in [1.29, 1.82) is 0 Å². The third-order valence-electron chi connectivity index (χ3n) is 5.08. The summed E-state index contributed by atoms with van der Waals surface area (Å²) >= 11 is 0. The summed E-state index contributed by atoms with van der Waals surface area (Å²) in [5.41, 5.74) is 0.864. The van der Waals surface area contributed by atoms with Gasteiger partial charge in [-0.3, -0.25) is 4.79 Å². The van der Waals surface area contributed by atoms with Crippen LogP contribution in [0.15, 0.2) is 61.3 Å². The van der Waals surface area contributed by atoms with Crippen LogP contribution in [0.3, 0.4) is 0 Å². The van der Waals surface area contributed by atoms with Crippen LogP contribution >= 0.6 is 0 Å². The summed E-state index contributed by atoms with van der Waals surface area (Å²) in [4.78, 5) is 23.4. The van der Waals surface area contributed by atoms with Gasteiger partial charge in [0.1, 0.15) is 6.54 Å². The molecule has 1 aromatic carbocycles. The Balaban J connectivity index is 1.60. The van der Waals surface area contributed by atoms with Gasteiger partial charge >= 0.3 is 0 Å². The van der Waals surface area contributed by atoms with Crippen LogP contribution in [-0.2, 0) is 17.9 Å². The Morgan fingerprint density at radius 2 is 1.87 bits per heavy atom. The van der Waals surface area contributed by atoms with E-state index in [2.05, 4.69) is 9.97 Å². The minimum Gasteiger partial charge on any atom is -0.490 e. The monoisotopic (exact) mass is 406 g/mol. The number of carbonyl (C=O) groups is 1. The molecule has 4 rings (SSSR count). The standard InChI is InChI=1S/C23H26N4O3/c28-22(17-26-14-12-24-18-26)27-13-5-1-2-6-15-29-20-9-3-4-10-21(20)30-23-19(16-27)8-7-11-25-23/h3-4,7-12,14,18H,1-2,5-6,13,15-17H2. The molecule has 7 heteroatoms. The number of pyridine rings is 1. The number of fused-ring (bicyclic) bond motifs is 2. The van der Waals surface area contributed by atoms with Gasteiger partial charge in [0.05, 0.1) is 19.5 Å². The van der Waals surface area contributed by atoms with Crippen LogP contribution in [0.25, 0.3) is 0 Å². The van der Waals surface area contributed by atoms with Gasteiger partial charge in [0.15, 0.2) is 11.5 Å². The molecular weight excluding hydrogens is 380 g/mol. The van der Waals surface area contributed by atoms with Crippen LogP contribution < -0.4 is 9.47 Å². The van der Waals surface area contributed by atoms with Crippen LogP contribution in [0.2, 0.25) is 0 Å². The van der Waals surface area contributed by atoms with Crippen molar-refractivity contribution in [3.8, 4) is 17.4 Å². The predicted octanol–water partition coefficient (Wildman–Crippen LogP) is 4.05. The third-order valence-corrected chi connectivity index (χ3v) is 5.08. The highest BCUT2D eigenvalue weighted by Crippen LogP contribution is 2.32. The van der Waals surface area contributed by atoms with E-state index in [0.717, 1.165) is 31.2 Å². The molecule has 2 aromatic heterocycles. The highest BCUT2D eigenvalue weighted by atomic mass is 16.5. The molecule has 7 nitrogen and oxygen atoms in total. The van der Waals surface area contributed by atoms with Gasteiger partial charge in [0, 0.05) is 30.7 Å². The molecule has 3 heterocycles. The first-order chi connectivity index (χ1) is 14.8. The lowest BCUT2D eigenvalue weighted by Crippen LogP contribution is -2.34. The van der Waals surface area contributed by atoms with Crippen LogP contribution in [-0.4, -0.2) is 38.5 Å². The second-order valence-electron chi connectivity index (χ2n) is 7.33. The zero-order valence-corrected chi connectivity index (χ0v) is 16.9. The maximum atomic E-state index is 13.0. The lowest BCUT2D eigenvalue weighted by molar-refractivity contribution is -0.132. The van der Waals surface area contributed by atoms with Gasteiger partial charge < -0.3 is 18.9 Å². The van der Waals surface area contributed by atoms with E-state index in [9.17, 15) is 4.79 Å². The van der Waals surface area contributed by atoms with Gasteiger partial charge in [-0.15, -0.1) is 0 Å². The summed E-state index contributed by atoms with van der Waals surface area (Å²) in [6.45, 7) is 2.05. The molecule has 156 valence electrons. The Hall–Kier alpha value is -3.35. The van der Waals surface area contributed by atoms with Gasteiger partial charge in [-0.1, -0.05) is 31.0 Å². The van der Waals surface area contributed by atoms with Gasteiger partial charge in [-0.2, -0.15) is 0 Å². The molecule has 0 aliphatic carbocycles. The molecule has 30 heavy (non-hydrogen) atoms. The number of rotatable bonds is 2. The van der Waals surface area contributed by atoms with E-state index in [4.69, 9.17) is 9.47 Å². The number of imidazole rings is 1. The zero-order valence-electron chi connectivity index (χ0n) is 16.9. The lowest BCUT2D eigenvalue weighted by Gasteiger charge is -2.24. The minimum absolute atomic E-state index is 0.0543. The van der Waals surface area contributed by atoms with Crippen molar-refractivity contribution in [3.05, 3.63) is 66.9 Å². The quantitative estimate of drug-likeness (QED) is 0.642. The van der Waals surface area contributed by atoms with E-state index in [1.165, 1.54) is 0 Å². The van der Waals surface area contributed by atoms with Crippen LogP contribution in [0.5, 0.6) is 17.4 Å². The van der Waals surface area contributed by atoms with Crippen molar-refractivity contribution in [2.24, 2.45) is 0 Å². The average Bonchev–Trinajstić information content (AvgIpc) is 3.27. The number of aromatic nitrogens is 3. The number of para-hydroxylation sites is 2. The SMILES string of the molecule is O=C(Cn1ccnc1)N1CCCCCCOc2ccccc2Oc2ncccc2C1. The summed E-state index contributed by atoms with van der Waals surface area (Å²) in [5, 5.41) is 0. The van der Waals surface area contributed by atoms with E-state index in [1.807, 2.05) is 41.3 Å². The van der Waals surface area contributed by atoms with Crippen molar-refractivity contribution in [2.75, 3.05) is 13.2 Å². The van der Waals surface area contributed by atoms with E-state index in [-0.39, 0.29) is 12.5 Å². The molecule has 1 aliphatic rings. The summed E-state index contributed by atoms with van der Waals surface area (Å²) < 4.78 is 13.9. The van der Waals surface area contributed by atoms with Gasteiger partial charge in [0.2, 0.25) is 11.8 Å². The topological polar surface area (TPSA) is 69.5 Å². The highest BCUT2D eigenvalue weighted by Gasteiger charge is 2.18. The van der Waals surface area contributed by atoms with Crippen molar-refractivity contribution >= 4 is 5.91 Å². The molecule has 3 aromatic rings. The third kappa shape index (κ3) is 5.17. The Kier molecular flexibility index (Phi) is 6.59.